The number of aromatic nitrogens is 1. The van der Waals surface area contributed by atoms with Gasteiger partial charge < -0.3 is 19.3 Å². The molecule has 0 aliphatic carbocycles. The summed E-state index contributed by atoms with van der Waals surface area (Å²) < 4.78 is 16.7. The van der Waals surface area contributed by atoms with Gasteiger partial charge in [-0.2, -0.15) is 0 Å². The monoisotopic (exact) mass is 384 g/mol. The maximum absolute atomic E-state index is 10.8. The zero-order valence-corrected chi connectivity index (χ0v) is 15.8. The molecule has 1 aromatic carbocycles. The summed E-state index contributed by atoms with van der Waals surface area (Å²) in [6, 6.07) is 12.0. The van der Waals surface area contributed by atoms with E-state index in [4.69, 9.17) is 19.3 Å². The number of hydrogen-bond acceptors (Lipinski definition) is 6. The number of likely N-dealkylation sites (tertiary alicyclic amines) is 1. The number of carbonyl (C=O) groups is 1. The summed E-state index contributed by atoms with van der Waals surface area (Å²) in [5.41, 5.74) is 1.69. The molecule has 1 fully saturated rings. The number of fused-ring (bicyclic) bond motifs is 1. The Hall–Kier alpha value is -2.80. The molecule has 1 saturated heterocycles. The average molecular weight is 384 g/mol. The van der Waals surface area contributed by atoms with Gasteiger partial charge in [0.25, 0.3) is 5.88 Å². The minimum atomic E-state index is -1.20. The molecule has 2 aliphatic rings. The smallest absolute Gasteiger partial charge is 0.484 e. The number of piperidine rings is 1. The second kappa shape index (κ2) is 7.67. The molecule has 1 aromatic heterocycles. The van der Waals surface area contributed by atoms with E-state index in [2.05, 4.69) is 34.1 Å². The minimum absolute atomic E-state index is 0.166. The van der Waals surface area contributed by atoms with Crippen LogP contribution in [0.5, 0.6) is 11.6 Å². The van der Waals surface area contributed by atoms with E-state index >= 15 is 0 Å². The number of pyridine rings is 1. The number of benzene rings is 1. The fourth-order valence-corrected chi connectivity index (χ4v) is 3.67. The number of hydrogen-bond donors (Lipinski definition) is 1. The van der Waals surface area contributed by atoms with E-state index in [0.717, 1.165) is 25.2 Å². The van der Waals surface area contributed by atoms with Crippen LogP contribution in [0.25, 0.3) is 0 Å². The van der Waals surface area contributed by atoms with Crippen molar-refractivity contribution >= 4 is 6.16 Å². The molecular weight excluding hydrogens is 360 g/mol. The second-order valence-electron chi connectivity index (χ2n) is 7.56. The number of carboxylic acid groups (broad SMARTS) is 1. The normalized spacial score (nSPS) is 21.1. The highest BCUT2D eigenvalue weighted by atomic mass is 16.7. The van der Waals surface area contributed by atoms with Gasteiger partial charge in [0.05, 0.1) is 0 Å². The van der Waals surface area contributed by atoms with Gasteiger partial charge in [0.15, 0.2) is 11.9 Å². The average Bonchev–Trinajstić information content (AvgIpc) is 2.69. The molecule has 1 N–H and O–H groups in total. The molecular formula is C21H24N2O5. The molecule has 28 heavy (non-hydrogen) atoms. The van der Waals surface area contributed by atoms with Gasteiger partial charge in [-0.15, -0.1) is 0 Å². The molecule has 0 bridgehead atoms. The third-order valence-electron chi connectivity index (χ3n) is 5.39. The van der Waals surface area contributed by atoms with Gasteiger partial charge in [-0.05, 0) is 43.0 Å². The van der Waals surface area contributed by atoms with Crippen LogP contribution in [-0.4, -0.2) is 46.4 Å². The maximum atomic E-state index is 10.8. The third-order valence-corrected chi connectivity index (χ3v) is 5.39. The fraction of sp³-hybridized carbons (Fsp3) is 0.429. The van der Waals surface area contributed by atoms with Crippen molar-refractivity contribution in [2.45, 2.75) is 38.0 Å². The van der Waals surface area contributed by atoms with Crippen LogP contribution in [0.3, 0.4) is 0 Å². The standard InChI is InChI=1S/C21H24N2O5/c1-21(28-20(24)25)8-11-23(12-9-21)13-15-4-6-16(7-5-15)18-14-26-17-3-2-10-22-19(17)27-18/h2-7,10,18H,8-9,11-14H2,1H3,(H,24,25)/t18-/m1/s1. The molecule has 148 valence electrons. The fourth-order valence-electron chi connectivity index (χ4n) is 3.67. The highest BCUT2D eigenvalue weighted by Gasteiger charge is 2.33. The molecule has 3 heterocycles. The summed E-state index contributed by atoms with van der Waals surface area (Å²) in [7, 11) is 0. The van der Waals surface area contributed by atoms with Crippen LogP contribution in [-0.2, 0) is 11.3 Å². The van der Waals surface area contributed by atoms with Crippen molar-refractivity contribution < 1.29 is 24.1 Å². The van der Waals surface area contributed by atoms with Gasteiger partial charge >= 0.3 is 6.16 Å². The van der Waals surface area contributed by atoms with E-state index < -0.39 is 11.8 Å². The van der Waals surface area contributed by atoms with Gasteiger partial charge in [-0.3, -0.25) is 4.90 Å². The summed E-state index contributed by atoms with van der Waals surface area (Å²) in [5.74, 6) is 1.21. The quantitative estimate of drug-likeness (QED) is 0.806. The number of rotatable bonds is 4. The van der Waals surface area contributed by atoms with Crippen LogP contribution in [0.15, 0.2) is 42.6 Å². The summed E-state index contributed by atoms with van der Waals surface area (Å²) in [6.45, 7) is 4.79. The Bertz CT molecular complexity index is 831. The minimum Gasteiger partial charge on any atom is -0.484 e. The highest BCUT2D eigenvalue weighted by molar-refractivity contribution is 5.57. The molecule has 0 saturated carbocycles. The van der Waals surface area contributed by atoms with E-state index in [-0.39, 0.29) is 6.10 Å². The lowest BCUT2D eigenvalue weighted by atomic mass is 9.93. The Balaban J connectivity index is 1.33. The first kappa shape index (κ1) is 18.6. The van der Waals surface area contributed by atoms with Crippen LogP contribution >= 0.6 is 0 Å². The third kappa shape index (κ3) is 4.20. The molecule has 7 heteroatoms. The Kier molecular flexibility index (Phi) is 5.09. The van der Waals surface area contributed by atoms with Crippen molar-refractivity contribution in [2.24, 2.45) is 0 Å². The topological polar surface area (TPSA) is 81.1 Å². The van der Waals surface area contributed by atoms with Crippen LogP contribution < -0.4 is 9.47 Å². The largest absolute Gasteiger partial charge is 0.506 e. The molecule has 7 nitrogen and oxygen atoms in total. The second-order valence-corrected chi connectivity index (χ2v) is 7.56. The van der Waals surface area contributed by atoms with Crippen molar-refractivity contribution in [3.63, 3.8) is 0 Å². The van der Waals surface area contributed by atoms with E-state index in [1.54, 1.807) is 6.20 Å². The van der Waals surface area contributed by atoms with Gasteiger partial charge in [0, 0.05) is 25.8 Å². The predicted octanol–water partition coefficient (Wildman–Crippen LogP) is 3.64. The molecule has 1 atom stereocenters. The van der Waals surface area contributed by atoms with Crippen LogP contribution in [0, 0.1) is 0 Å². The molecule has 0 unspecified atom stereocenters. The lowest BCUT2D eigenvalue weighted by Gasteiger charge is -2.38. The van der Waals surface area contributed by atoms with E-state index in [0.29, 0.717) is 31.1 Å². The van der Waals surface area contributed by atoms with Crippen LogP contribution in [0.1, 0.15) is 37.0 Å². The van der Waals surface area contributed by atoms with Crippen molar-refractivity contribution in [3.05, 3.63) is 53.7 Å². The summed E-state index contributed by atoms with van der Waals surface area (Å²) in [4.78, 5) is 17.4. The van der Waals surface area contributed by atoms with Crippen molar-refractivity contribution in [3.8, 4) is 11.6 Å². The number of ether oxygens (including phenoxy) is 3. The number of nitrogens with zero attached hydrogens (tertiary/aromatic N) is 2. The summed E-state index contributed by atoms with van der Waals surface area (Å²) in [6.07, 6.45) is 1.74. The Morgan fingerprint density at radius 2 is 2.04 bits per heavy atom. The van der Waals surface area contributed by atoms with E-state index in [9.17, 15) is 4.79 Å². The molecule has 4 rings (SSSR count). The Morgan fingerprint density at radius 3 is 2.75 bits per heavy atom. The first-order valence-electron chi connectivity index (χ1n) is 9.48. The summed E-state index contributed by atoms with van der Waals surface area (Å²) in [5, 5.41) is 8.86. The maximum Gasteiger partial charge on any atom is 0.506 e. The Labute approximate surface area is 163 Å². The molecule has 2 aliphatic heterocycles. The van der Waals surface area contributed by atoms with Gasteiger partial charge in [0.1, 0.15) is 12.2 Å². The van der Waals surface area contributed by atoms with Crippen LogP contribution in [0.4, 0.5) is 4.79 Å². The highest BCUT2D eigenvalue weighted by Crippen LogP contribution is 2.34. The van der Waals surface area contributed by atoms with Crippen molar-refractivity contribution in [2.75, 3.05) is 19.7 Å². The lowest BCUT2D eigenvalue weighted by molar-refractivity contribution is -0.0454. The lowest BCUT2D eigenvalue weighted by Crippen LogP contribution is -2.44. The van der Waals surface area contributed by atoms with E-state index in [1.165, 1.54) is 5.56 Å². The first-order chi connectivity index (χ1) is 13.5. The Morgan fingerprint density at radius 1 is 1.29 bits per heavy atom. The van der Waals surface area contributed by atoms with Gasteiger partial charge in [0.2, 0.25) is 0 Å². The van der Waals surface area contributed by atoms with Gasteiger partial charge in [-0.25, -0.2) is 9.78 Å². The zero-order chi connectivity index (χ0) is 19.6. The van der Waals surface area contributed by atoms with E-state index in [1.807, 2.05) is 19.1 Å². The van der Waals surface area contributed by atoms with Crippen LogP contribution in [0.2, 0.25) is 0 Å². The predicted molar refractivity (Wildman–Crippen MR) is 102 cm³/mol. The molecule has 0 amide bonds. The molecule has 0 spiro atoms. The van der Waals surface area contributed by atoms with Crippen molar-refractivity contribution in [1.29, 1.82) is 0 Å². The van der Waals surface area contributed by atoms with Crippen molar-refractivity contribution in [1.82, 2.24) is 9.88 Å². The molecule has 2 aromatic rings. The molecule has 0 radical (unpaired) electrons. The first-order valence-corrected chi connectivity index (χ1v) is 9.48. The van der Waals surface area contributed by atoms with Gasteiger partial charge in [-0.1, -0.05) is 24.3 Å². The zero-order valence-electron chi connectivity index (χ0n) is 15.8. The SMILES string of the molecule is CC1(OC(=O)O)CCN(Cc2ccc([C@H]3COc4cccnc4O3)cc2)CC1. The summed E-state index contributed by atoms with van der Waals surface area (Å²) >= 11 is 0.